The number of carboxylic acid groups (broad SMARTS) is 1. The highest BCUT2D eigenvalue weighted by atomic mass is 16.5. The van der Waals surface area contributed by atoms with Crippen molar-refractivity contribution in [3.63, 3.8) is 0 Å². The highest BCUT2D eigenvalue weighted by Crippen LogP contribution is 2.07. The molecule has 0 bridgehead atoms. The molecule has 2 atom stereocenters. The smallest absolute Gasteiger partial charge is 0.408 e. The maximum atomic E-state index is 12.8. The summed E-state index contributed by atoms with van der Waals surface area (Å²) in [7, 11) is 0. The van der Waals surface area contributed by atoms with Gasteiger partial charge in [0, 0.05) is 0 Å². The van der Waals surface area contributed by atoms with E-state index in [2.05, 4.69) is 10.6 Å². The Hall–Kier alpha value is -3.92. The summed E-state index contributed by atoms with van der Waals surface area (Å²) in [5.41, 5.74) is 1.67. The van der Waals surface area contributed by atoms with Crippen LogP contribution in [0.4, 0.5) is 9.59 Å². The van der Waals surface area contributed by atoms with Crippen molar-refractivity contribution in [2.24, 2.45) is 0 Å². The molecular weight excluding hydrogens is 430 g/mol. The maximum absolute atomic E-state index is 12.8. The van der Waals surface area contributed by atoms with Gasteiger partial charge >= 0.3 is 12.2 Å². The molecule has 0 spiro atoms. The van der Waals surface area contributed by atoms with Crippen LogP contribution in [0.25, 0.3) is 0 Å². The van der Waals surface area contributed by atoms with Gasteiger partial charge in [0.2, 0.25) is 5.91 Å². The Balaban J connectivity index is 2.00. The fourth-order valence-electron chi connectivity index (χ4n) is 2.96. The first-order valence-corrected chi connectivity index (χ1v) is 10.3. The molecule has 0 saturated heterocycles. The minimum atomic E-state index is -1.39. The minimum absolute atomic E-state index is 0.0456. The second-order valence-corrected chi connectivity index (χ2v) is 7.15. The van der Waals surface area contributed by atoms with Crippen molar-refractivity contribution in [3.05, 3.63) is 71.8 Å². The summed E-state index contributed by atoms with van der Waals surface area (Å²) in [5, 5.41) is 25.0. The zero-order valence-electron chi connectivity index (χ0n) is 17.9. The van der Waals surface area contributed by atoms with Crippen molar-refractivity contribution >= 4 is 23.9 Å². The number of benzene rings is 2. The van der Waals surface area contributed by atoms with Gasteiger partial charge in [-0.25, -0.2) is 9.59 Å². The number of hydrogen-bond acceptors (Lipinski definition) is 6. The van der Waals surface area contributed by atoms with Crippen LogP contribution < -0.4 is 16.0 Å². The zero-order valence-corrected chi connectivity index (χ0v) is 17.9. The summed E-state index contributed by atoms with van der Waals surface area (Å²) in [6.07, 6.45) is -1.64. The Kier molecular flexibility index (Phi) is 10.4. The quantitative estimate of drug-likeness (QED) is 0.321. The van der Waals surface area contributed by atoms with E-state index < -0.39 is 49.1 Å². The molecule has 3 amide bonds. The number of alkyl carbamates (subject to hydrolysis) is 1. The maximum Gasteiger partial charge on any atom is 0.408 e. The third-order valence-corrected chi connectivity index (χ3v) is 4.70. The number of ketones is 1. The molecule has 0 aliphatic rings. The van der Waals surface area contributed by atoms with Crippen LogP contribution >= 0.6 is 0 Å². The number of nitrogens with one attached hydrogen (secondary N) is 3. The van der Waals surface area contributed by atoms with Crippen LogP contribution in [0.3, 0.4) is 0 Å². The first-order valence-electron chi connectivity index (χ1n) is 10.3. The van der Waals surface area contributed by atoms with Gasteiger partial charge in [-0.2, -0.15) is 0 Å². The summed E-state index contributed by atoms with van der Waals surface area (Å²) >= 11 is 0. The van der Waals surface area contributed by atoms with E-state index in [0.29, 0.717) is 6.42 Å². The molecule has 0 saturated carbocycles. The third kappa shape index (κ3) is 9.40. The predicted molar refractivity (Wildman–Crippen MR) is 118 cm³/mol. The third-order valence-electron chi connectivity index (χ3n) is 4.70. The van der Waals surface area contributed by atoms with Gasteiger partial charge in [0.1, 0.15) is 19.3 Å². The lowest BCUT2D eigenvalue weighted by atomic mass is 10.0. The monoisotopic (exact) mass is 457 g/mol. The predicted octanol–water partition coefficient (Wildman–Crippen LogP) is 1.23. The second kappa shape index (κ2) is 13.5. The summed E-state index contributed by atoms with van der Waals surface area (Å²) in [5.74, 6) is -1.39. The van der Waals surface area contributed by atoms with Gasteiger partial charge in [0.25, 0.3) is 0 Å². The lowest BCUT2D eigenvalue weighted by Gasteiger charge is -2.22. The summed E-state index contributed by atoms with van der Waals surface area (Å²) < 4.78 is 5.08. The average molecular weight is 457 g/mol. The van der Waals surface area contributed by atoms with E-state index in [-0.39, 0.29) is 13.0 Å². The van der Waals surface area contributed by atoms with Crippen molar-refractivity contribution in [3.8, 4) is 0 Å². The minimum Gasteiger partial charge on any atom is -0.465 e. The number of Topliss-reactive ketones (excluding diaryl/α,β-unsaturated/α-hetero) is 1. The van der Waals surface area contributed by atoms with Gasteiger partial charge < -0.3 is 30.9 Å². The van der Waals surface area contributed by atoms with Gasteiger partial charge in [-0.05, 0) is 24.0 Å². The van der Waals surface area contributed by atoms with Gasteiger partial charge in [-0.15, -0.1) is 0 Å². The van der Waals surface area contributed by atoms with E-state index in [1.807, 2.05) is 41.7 Å². The number of aliphatic hydroxyl groups excluding tert-OH is 1. The standard InChI is InChI=1S/C23H27N3O7/c27-14-20(28)18(12-11-16-7-3-1-4-8-16)25-21(29)19(13-24-22(30)31)26-23(32)33-15-17-9-5-2-6-10-17/h1-10,18-19,24,27H,11-15H2,(H,25,29)(H,26,32)(H,30,31). The van der Waals surface area contributed by atoms with E-state index >= 15 is 0 Å². The first kappa shape index (κ1) is 25.3. The number of carbonyl (C=O) groups excluding carboxylic acids is 3. The van der Waals surface area contributed by atoms with Crippen LogP contribution in [0.1, 0.15) is 17.5 Å². The second-order valence-electron chi connectivity index (χ2n) is 7.15. The normalized spacial score (nSPS) is 12.2. The molecule has 0 aliphatic heterocycles. The highest BCUT2D eigenvalue weighted by molar-refractivity contribution is 5.92. The molecule has 2 unspecified atom stereocenters. The summed E-state index contributed by atoms with van der Waals surface area (Å²) in [4.78, 5) is 48.0. The molecular formula is C23H27N3O7. The Morgan fingerprint density at radius 2 is 1.45 bits per heavy atom. The Labute approximate surface area is 191 Å². The number of hydrogen-bond donors (Lipinski definition) is 5. The van der Waals surface area contributed by atoms with Gasteiger partial charge in [0.15, 0.2) is 5.78 Å². The average Bonchev–Trinajstić information content (AvgIpc) is 2.83. The number of rotatable bonds is 12. The van der Waals surface area contributed by atoms with Crippen LogP contribution in [0.2, 0.25) is 0 Å². The molecule has 2 aromatic rings. The van der Waals surface area contributed by atoms with E-state index in [1.54, 1.807) is 24.3 Å². The first-order chi connectivity index (χ1) is 15.9. The molecule has 0 heterocycles. The van der Waals surface area contributed by atoms with Crippen molar-refractivity contribution in [2.45, 2.75) is 31.5 Å². The fraction of sp³-hybridized carbons (Fsp3) is 0.304. The number of aliphatic hydroxyl groups is 1. The lowest BCUT2D eigenvalue weighted by molar-refractivity contribution is -0.130. The molecule has 0 radical (unpaired) electrons. The molecule has 33 heavy (non-hydrogen) atoms. The topological polar surface area (TPSA) is 154 Å². The molecule has 10 heteroatoms. The van der Waals surface area contributed by atoms with Crippen LogP contribution in [-0.2, 0) is 27.4 Å². The van der Waals surface area contributed by atoms with Crippen molar-refractivity contribution in [2.75, 3.05) is 13.2 Å². The van der Waals surface area contributed by atoms with E-state index in [1.165, 1.54) is 0 Å². The van der Waals surface area contributed by atoms with Crippen molar-refractivity contribution < 1.29 is 34.1 Å². The van der Waals surface area contributed by atoms with Crippen LogP contribution in [0, 0.1) is 0 Å². The van der Waals surface area contributed by atoms with Crippen molar-refractivity contribution in [1.82, 2.24) is 16.0 Å². The SMILES string of the molecule is O=C(O)NCC(NC(=O)OCc1ccccc1)C(=O)NC(CCc1ccccc1)C(=O)CO. The highest BCUT2D eigenvalue weighted by Gasteiger charge is 2.27. The Morgan fingerprint density at radius 1 is 0.848 bits per heavy atom. The largest absolute Gasteiger partial charge is 0.465 e. The number of ether oxygens (including phenoxy) is 1. The van der Waals surface area contributed by atoms with Crippen molar-refractivity contribution in [1.29, 1.82) is 0 Å². The molecule has 2 aromatic carbocycles. The van der Waals surface area contributed by atoms with Gasteiger partial charge in [-0.3, -0.25) is 9.59 Å². The van der Waals surface area contributed by atoms with Gasteiger partial charge in [-0.1, -0.05) is 60.7 Å². The molecule has 0 aliphatic carbocycles. The molecule has 10 nitrogen and oxygen atoms in total. The van der Waals surface area contributed by atoms with Gasteiger partial charge in [0.05, 0.1) is 12.6 Å². The molecule has 5 N–H and O–H groups in total. The molecule has 0 fully saturated rings. The Morgan fingerprint density at radius 3 is 2.03 bits per heavy atom. The zero-order chi connectivity index (χ0) is 24.1. The molecule has 176 valence electrons. The number of amides is 3. The molecule has 0 aromatic heterocycles. The lowest BCUT2D eigenvalue weighted by Crippen LogP contribution is -2.56. The Bertz CT molecular complexity index is 922. The molecule has 2 rings (SSSR count). The summed E-state index contributed by atoms with van der Waals surface area (Å²) in [6, 6.07) is 15.8. The van der Waals surface area contributed by atoms with Crippen LogP contribution in [0.15, 0.2) is 60.7 Å². The van der Waals surface area contributed by atoms with E-state index in [9.17, 15) is 24.3 Å². The van der Waals surface area contributed by atoms with E-state index in [4.69, 9.17) is 9.84 Å². The van der Waals surface area contributed by atoms with Crippen LogP contribution in [0.5, 0.6) is 0 Å². The fourth-order valence-corrected chi connectivity index (χ4v) is 2.96. The van der Waals surface area contributed by atoms with Crippen LogP contribution in [-0.4, -0.2) is 59.3 Å². The van der Waals surface area contributed by atoms with E-state index in [0.717, 1.165) is 11.1 Å². The summed E-state index contributed by atoms with van der Waals surface area (Å²) in [6.45, 7) is -1.26. The number of aryl methyl sites for hydroxylation is 1. The number of carbonyl (C=O) groups is 4.